The number of halogens is 1. The molecule has 1 aromatic rings. The SMILES string of the molecule is COC(=O)CC[C@H](NC(=O)c1cc(C)cc(F)c1)C(=O)O. The number of amides is 1. The van der Waals surface area contributed by atoms with E-state index in [1.54, 1.807) is 6.92 Å². The van der Waals surface area contributed by atoms with Crippen molar-refractivity contribution >= 4 is 17.8 Å². The second kappa shape index (κ2) is 7.37. The molecule has 0 aromatic heterocycles. The number of methoxy groups -OCH3 is 1. The van der Waals surface area contributed by atoms with Crippen LogP contribution >= 0.6 is 0 Å². The fourth-order valence-corrected chi connectivity index (χ4v) is 1.73. The van der Waals surface area contributed by atoms with E-state index in [0.717, 1.165) is 6.07 Å². The Labute approximate surface area is 120 Å². The fraction of sp³-hybridized carbons (Fsp3) is 0.357. The minimum atomic E-state index is -1.28. The average Bonchev–Trinajstić information content (AvgIpc) is 2.41. The van der Waals surface area contributed by atoms with Gasteiger partial charge in [0.1, 0.15) is 11.9 Å². The van der Waals surface area contributed by atoms with E-state index in [4.69, 9.17) is 5.11 Å². The number of aliphatic carboxylic acids is 1. The Bertz CT molecular complexity index is 538. The van der Waals surface area contributed by atoms with Crippen molar-refractivity contribution in [3.05, 3.63) is 35.1 Å². The van der Waals surface area contributed by atoms with Gasteiger partial charge in [-0.15, -0.1) is 0 Å². The number of carboxylic acids is 1. The second-order valence-electron chi connectivity index (χ2n) is 4.50. The molecule has 0 aliphatic rings. The Kier molecular flexibility index (Phi) is 5.83. The van der Waals surface area contributed by atoms with Crippen LogP contribution in [0.15, 0.2) is 18.2 Å². The van der Waals surface area contributed by atoms with Gasteiger partial charge < -0.3 is 15.2 Å². The predicted molar refractivity (Wildman–Crippen MR) is 71.3 cm³/mol. The third-order valence-corrected chi connectivity index (χ3v) is 2.77. The van der Waals surface area contributed by atoms with E-state index in [1.807, 2.05) is 0 Å². The van der Waals surface area contributed by atoms with Gasteiger partial charge in [-0.1, -0.05) is 0 Å². The van der Waals surface area contributed by atoms with E-state index in [0.29, 0.717) is 5.56 Å². The monoisotopic (exact) mass is 297 g/mol. The van der Waals surface area contributed by atoms with E-state index in [1.165, 1.54) is 19.2 Å². The lowest BCUT2D eigenvalue weighted by Gasteiger charge is -2.14. The van der Waals surface area contributed by atoms with Crippen molar-refractivity contribution in [1.82, 2.24) is 5.32 Å². The highest BCUT2D eigenvalue weighted by Crippen LogP contribution is 2.09. The number of rotatable bonds is 6. The maximum absolute atomic E-state index is 13.2. The molecule has 21 heavy (non-hydrogen) atoms. The van der Waals surface area contributed by atoms with E-state index >= 15 is 0 Å². The Balaban J connectivity index is 2.76. The number of ether oxygens (including phenoxy) is 1. The Hall–Kier alpha value is -2.44. The Morgan fingerprint density at radius 1 is 1.33 bits per heavy atom. The summed E-state index contributed by atoms with van der Waals surface area (Å²) in [7, 11) is 1.19. The zero-order valence-corrected chi connectivity index (χ0v) is 11.7. The zero-order valence-electron chi connectivity index (χ0n) is 11.7. The van der Waals surface area contributed by atoms with Crippen molar-refractivity contribution in [3.63, 3.8) is 0 Å². The van der Waals surface area contributed by atoms with Gasteiger partial charge in [0.05, 0.1) is 7.11 Å². The van der Waals surface area contributed by atoms with Crippen molar-refractivity contribution < 1.29 is 28.6 Å². The molecule has 0 unspecified atom stereocenters. The van der Waals surface area contributed by atoms with Crippen LogP contribution in [0, 0.1) is 12.7 Å². The van der Waals surface area contributed by atoms with Crippen molar-refractivity contribution in [2.75, 3.05) is 7.11 Å². The minimum Gasteiger partial charge on any atom is -0.480 e. The van der Waals surface area contributed by atoms with Crippen LogP contribution in [-0.4, -0.2) is 36.1 Å². The number of hydrogen-bond acceptors (Lipinski definition) is 4. The number of nitrogens with one attached hydrogen (secondary N) is 1. The smallest absolute Gasteiger partial charge is 0.326 e. The summed E-state index contributed by atoms with van der Waals surface area (Å²) in [4.78, 5) is 34.0. The number of carboxylic acid groups (broad SMARTS) is 1. The van der Waals surface area contributed by atoms with Crippen LogP contribution in [-0.2, 0) is 14.3 Å². The van der Waals surface area contributed by atoms with Crippen molar-refractivity contribution in [1.29, 1.82) is 0 Å². The quantitative estimate of drug-likeness (QED) is 0.771. The largest absolute Gasteiger partial charge is 0.480 e. The van der Waals surface area contributed by atoms with Gasteiger partial charge in [0.2, 0.25) is 0 Å². The number of esters is 1. The van der Waals surface area contributed by atoms with E-state index in [9.17, 15) is 18.8 Å². The first kappa shape index (κ1) is 16.6. The van der Waals surface area contributed by atoms with E-state index in [-0.39, 0.29) is 18.4 Å². The lowest BCUT2D eigenvalue weighted by Crippen LogP contribution is -2.41. The molecule has 0 saturated carbocycles. The summed E-state index contributed by atoms with van der Waals surface area (Å²) in [5.74, 6) is -3.14. The van der Waals surface area contributed by atoms with Crippen LogP contribution in [0.5, 0.6) is 0 Å². The number of carbonyl (C=O) groups excluding carboxylic acids is 2. The van der Waals surface area contributed by atoms with Crippen LogP contribution < -0.4 is 5.32 Å². The average molecular weight is 297 g/mol. The molecule has 0 heterocycles. The summed E-state index contributed by atoms with van der Waals surface area (Å²) < 4.78 is 17.6. The molecule has 0 saturated heterocycles. The zero-order chi connectivity index (χ0) is 16.0. The van der Waals surface area contributed by atoms with Crippen molar-refractivity contribution in [2.24, 2.45) is 0 Å². The fourth-order valence-electron chi connectivity index (χ4n) is 1.73. The van der Waals surface area contributed by atoms with Gasteiger partial charge in [-0.05, 0) is 37.1 Å². The summed E-state index contributed by atoms with van der Waals surface area (Å²) in [6, 6.07) is 2.46. The molecule has 0 spiro atoms. The molecule has 7 heteroatoms. The molecule has 0 radical (unpaired) electrons. The summed E-state index contributed by atoms with van der Waals surface area (Å²) in [5.41, 5.74) is 0.568. The third-order valence-electron chi connectivity index (χ3n) is 2.77. The summed E-state index contributed by atoms with van der Waals surface area (Å²) in [6.45, 7) is 1.62. The van der Waals surface area contributed by atoms with Crippen LogP contribution in [0.4, 0.5) is 4.39 Å². The number of carbonyl (C=O) groups is 3. The standard InChI is InChI=1S/C14H16FNO5/c1-8-5-9(7-10(15)6-8)13(18)16-11(14(19)20)3-4-12(17)21-2/h5-7,11H,3-4H2,1-2H3,(H,16,18)(H,19,20)/t11-/m0/s1. The lowest BCUT2D eigenvalue weighted by atomic mass is 10.1. The van der Waals surface area contributed by atoms with Gasteiger partial charge in [0, 0.05) is 12.0 Å². The molecule has 0 aliphatic carbocycles. The van der Waals surface area contributed by atoms with Gasteiger partial charge in [0.25, 0.3) is 5.91 Å². The highest BCUT2D eigenvalue weighted by molar-refractivity contribution is 5.96. The molecule has 0 fully saturated rings. The highest BCUT2D eigenvalue weighted by Gasteiger charge is 2.22. The third kappa shape index (κ3) is 5.21. The first-order valence-corrected chi connectivity index (χ1v) is 6.21. The van der Waals surface area contributed by atoms with Crippen LogP contribution in [0.2, 0.25) is 0 Å². The highest BCUT2D eigenvalue weighted by atomic mass is 19.1. The summed E-state index contributed by atoms with van der Waals surface area (Å²) in [6.07, 6.45) is -0.252. The summed E-state index contributed by atoms with van der Waals surface area (Å²) in [5, 5.41) is 11.3. The topological polar surface area (TPSA) is 92.7 Å². The molecule has 2 N–H and O–H groups in total. The number of aryl methyl sites for hydroxylation is 1. The molecule has 0 aliphatic heterocycles. The normalized spacial score (nSPS) is 11.6. The summed E-state index contributed by atoms with van der Waals surface area (Å²) >= 11 is 0. The number of hydrogen-bond donors (Lipinski definition) is 2. The van der Waals surface area contributed by atoms with E-state index < -0.39 is 29.7 Å². The van der Waals surface area contributed by atoms with Gasteiger partial charge >= 0.3 is 11.9 Å². The predicted octanol–water partition coefficient (Wildman–Crippen LogP) is 1.27. The molecule has 1 rings (SSSR count). The molecule has 1 amide bonds. The Morgan fingerprint density at radius 3 is 2.52 bits per heavy atom. The van der Waals surface area contributed by atoms with Crippen molar-refractivity contribution in [3.8, 4) is 0 Å². The van der Waals surface area contributed by atoms with Gasteiger partial charge in [-0.2, -0.15) is 0 Å². The molecular weight excluding hydrogens is 281 g/mol. The molecule has 0 bridgehead atoms. The van der Waals surface area contributed by atoms with Crippen molar-refractivity contribution in [2.45, 2.75) is 25.8 Å². The minimum absolute atomic E-state index is 0.0248. The Morgan fingerprint density at radius 2 is 2.00 bits per heavy atom. The molecule has 6 nitrogen and oxygen atoms in total. The van der Waals surface area contributed by atoms with E-state index in [2.05, 4.69) is 10.1 Å². The maximum Gasteiger partial charge on any atom is 0.326 e. The molecule has 1 aromatic carbocycles. The number of benzene rings is 1. The molecule has 114 valence electrons. The molecule has 1 atom stereocenters. The van der Waals surface area contributed by atoms with Gasteiger partial charge in [0.15, 0.2) is 0 Å². The van der Waals surface area contributed by atoms with Gasteiger partial charge in [-0.3, -0.25) is 9.59 Å². The van der Waals surface area contributed by atoms with Crippen LogP contribution in [0.1, 0.15) is 28.8 Å². The first-order valence-electron chi connectivity index (χ1n) is 6.21. The second-order valence-corrected chi connectivity index (χ2v) is 4.50. The van der Waals surface area contributed by atoms with Crippen LogP contribution in [0.3, 0.4) is 0 Å². The van der Waals surface area contributed by atoms with Crippen LogP contribution in [0.25, 0.3) is 0 Å². The molecular formula is C14H16FNO5. The first-order chi connectivity index (χ1) is 9.83. The lowest BCUT2D eigenvalue weighted by molar-refractivity contribution is -0.142. The maximum atomic E-state index is 13.2. The van der Waals surface area contributed by atoms with Gasteiger partial charge in [-0.25, -0.2) is 9.18 Å².